The molecule has 120 valence electrons. The van der Waals surface area contributed by atoms with Gasteiger partial charge < -0.3 is 5.11 Å². The van der Waals surface area contributed by atoms with Gasteiger partial charge in [0, 0.05) is 18.7 Å². The van der Waals surface area contributed by atoms with E-state index in [0.717, 1.165) is 16.6 Å². The Kier molecular flexibility index (Phi) is 4.72. The molecule has 0 aliphatic heterocycles. The minimum absolute atomic E-state index is 0.408. The van der Waals surface area contributed by atoms with Crippen molar-refractivity contribution in [2.45, 2.75) is 23.6 Å². The first-order valence-electron chi connectivity index (χ1n) is 6.96. The molecule has 2 N–H and O–H groups in total. The van der Waals surface area contributed by atoms with E-state index in [1.165, 1.54) is 16.2 Å². The third kappa shape index (κ3) is 3.77. The molecule has 0 spiro atoms. The van der Waals surface area contributed by atoms with Gasteiger partial charge in [0.1, 0.15) is 4.34 Å². The highest BCUT2D eigenvalue weighted by Gasteiger charge is 2.15. The molecule has 8 nitrogen and oxygen atoms in total. The molecule has 2 heterocycles. The highest BCUT2D eigenvalue weighted by molar-refractivity contribution is 7.82. The van der Waals surface area contributed by atoms with E-state index in [9.17, 15) is 9.90 Å². The zero-order chi connectivity index (χ0) is 16.2. The zero-order valence-corrected chi connectivity index (χ0v) is 13.7. The van der Waals surface area contributed by atoms with Gasteiger partial charge >= 0.3 is 6.09 Å². The maximum Gasteiger partial charge on any atom is 0.411 e. The summed E-state index contributed by atoms with van der Waals surface area (Å²) in [6, 6.07) is 5.42. The number of fused-ring (bicyclic) bond motifs is 1. The Bertz CT molecular complexity index is 804. The Morgan fingerprint density at radius 1 is 1.39 bits per heavy atom. The van der Waals surface area contributed by atoms with E-state index in [4.69, 9.17) is 0 Å². The second-order valence-corrected chi connectivity index (χ2v) is 6.62. The van der Waals surface area contributed by atoms with Crippen molar-refractivity contribution in [3.05, 3.63) is 24.0 Å². The summed E-state index contributed by atoms with van der Waals surface area (Å²) in [6.45, 7) is 0.408. The van der Waals surface area contributed by atoms with Crippen LogP contribution < -0.4 is 4.90 Å². The maximum atomic E-state index is 11.5. The van der Waals surface area contributed by atoms with E-state index < -0.39 is 6.09 Å². The van der Waals surface area contributed by atoms with Crippen LogP contribution >= 0.6 is 24.0 Å². The van der Waals surface area contributed by atoms with E-state index in [1.807, 2.05) is 12.1 Å². The summed E-state index contributed by atoms with van der Waals surface area (Å²) in [5.41, 5.74) is 1.47. The molecule has 0 atom stereocenters. The highest BCUT2D eigenvalue weighted by atomic mass is 32.2. The monoisotopic (exact) mass is 350 g/mol. The predicted octanol–water partition coefficient (Wildman–Crippen LogP) is 2.61. The number of amides is 1. The number of unbranched alkanes of at least 4 members (excludes halogenated alkanes) is 1. The lowest BCUT2D eigenvalue weighted by atomic mass is 10.2. The number of carbonyl (C=O) groups is 1. The van der Waals surface area contributed by atoms with Gasteiger partial charge in [-0.3, -0.25) is 4.90 Å². The molecular weight excluding hydrogens is 336 g/mol. The smallest absolute Gasteiger partial charge is 0.411 e. The minimum Gasteiger partial charge on any atom is -0.465 e. The van der Waals surface area contributed by atoms with Gasteiger partial charge in [-0.15, -0.1) is 34.2 Å². The summed E-state index contributed by atoms with van der Waals surface area (Å²) in [4.78, 5) is 17.1. The number of aromatic amines is 1. The number of nitrogens with zero attached hydrogens (tertiary/aromatic N) is 5. The number of hydrogen-bond acceptors (Lipinski definition) is 7. The Morgan fingerprint density at radius 2 is 2.26 bits per heavy atom. The van der Waals surface area contributed by atoms with Crippen LogP contribution in [-0.4, -0.2) is 43.4 Å². The zero-order valence-electron chi connectivity index (χ0n) is 12.0. The molecule has 0 unspecified atom stereocenters. The van der Waals surface area contributed by atoms with Gasteiger partial charge in [0.2, 0.25) is 0 Å². The van der Waals surface area contributed by atoms with Crippen LogP contribution in [0.15, 0.2) is 22.5 Å². The van der Waals surface area contributed by atoms with Crippen LogP contribution in [0.3, 0.4) is 0 Å². The molecule has 2 aromatic heterocycles. The first-order chi connectivity index (χ1) is 11.1. The summed E-state index contributed by atoms with van der Waals surface area (Å²) in [5.74, 6) is 0.638. The van der Waals surface area contributed by atoms with E-state index in [1.54, 1.807) is 6.07 Å². The van der Waals surface area contributed by atoms with Crippen molar-refractivity contribution in [1.29, 1.82) is 0 Å². The molecule has 0 bridgehead atoms. The number of carboxylic acid groups (broad SMARTS) is 1. The third-order valence-corrected chi connectivity index (χ3v) is 4.52. The van der Waals surface area contributed by atoms with Crippen LogP contribution in [0.2, 0.25) is 0 Å². The Labute approximate surface area is 140 Å². The summed E-state index contributed by atoms with van der Waals surface area (Å²) >= 11 is 5.65. The van der Waals surface area contributed by atoms with Gasteiger partial charge in [-0.2, -0.15) is 5.21 Å². The van der Waals surface area contributed by atoms with Gasteiger partial charge in [0.25, 0.3) is 0 Å². The third-order valence-electron chi connectivity index (χ3n) is 3.32. The fourth-order valence-electron chi connectivity index (χ4n) is 2.25. The maximum absolute atomic E-state index is 11.5. The van der Waals surface area contributed by atoms with Crippen molar-refractivity contribution in [2.75, 3.05) is 11.4 Å². The first kappa shape index (κ1) is 15.7. The number of aryl methyl sites for hydroxylation is 1. The quantitative estimate of drug-likeness (QED) is 0.466. The molecule has 1 aromatic carbocycles. The molecule has 1 amide bonds. The van der Waals surface area contributed by atoms with Crippen molar-refractivity contribution < 1.29 is 9.90 Å². The fraction of sp³-hybridized carbons (Fsp3) is 0.308. The van der Waals surface area contributed by atoms with Crippen molar-refractivity contribution in [3.8, 4) is 0 Å². The summed E-state index contributed by atoms with van der Waals surface area (Å²) in [7, 11) is 0. The predicted molar refractivity (Wildman–Crippen MR) is 89.4 cm³/mol. The average molecular weight is 350 g/mol. The number of anilines is 1. The molecule has 3 aromatic rings. The molecule has 3 rings (SSSR count). The average Bonchev–Trinajstić information content (AvgIpc) is 3.14. The van der Waals surface area contributed by atoms with E-state index in [-0.39, 0.29) is 0 Å². The van der Waals surface area contributed by atoms with Crippen LogP contribution in [0.1, 0.15) is 18.7 Å². The van der Waals surface area contributed by atoms with E-state index in [2.05, 4.69) is 38.2 Å². The second kappa shape index (κ2) is 6.92. The second-order valence-electron chi connectivity index (χ2n) is 4.87. The van der Waals surface area contributed by atoms with Crippen LogP contribution in [0, 0.1) is 0 Å². The SMILES string of the molecule is O=C(O)N(CCCCc1nn[nH]n1)c1ccc2nc(S)sc2c1. The Balaban J connectivity index is 1.66. The van der Waals surface area contributed by atoms with E-state index >= 15 is 0 Å². The first-order valence-corrected chi connectivity index (χ1v) is 8.22. The number of thiazole rings is 1. The van der Waals surface area contributed by atoms with Crippen LogP contribution in [0.4, 0.5) is 10.5 Å². The molecule has 23 heavy (non-hydrogen) atoms. The fourth-order valence-corrected chi connectivity index (χ4v) is 3.39. The molecule has 10 heteroatoms. The van der Waals surface area contributed by atoms with Crippen LogP contribution in [0.5, 0.6) is 0 Å². The molecular formula is C13H14N6O2S2. The van der Waals surface area contributed by atoms with Crippen molar-refractivity contribution in [1.82, 2.24) is 25.6 Å². The number of benzene rings is 1. The molecule has 0 saturated heterocycles. The number of thiol groups is 1. The summed E-state index contributed by atoms with van der Waals surface area (Å²) in [6.07, 6.45) is 1.19. The van der Waals surface area contributed by atoms with Gasteiger partial charge in [0.15, 0.2) is 5.82 Å². The molecule has 0 fully saturated rings. The summed E-state index contributed by atoms with van der Waals surface area (Å²) < 4.78 is 1.59. The standard InChI is InChI=1S/C13H14N6O2S2/c20-13(21)19(6-2-1-3-11-15-17-18-16-11)8-4-5-9-10(7-8)23-12(22)14-9/h4-5,7H,1-3,6H2,(H,14,22)(H,20,21)(H,15,16,17,18). The largest absolute Gasteiger partial charge is 0.465 e. The van der Waals surface area contributed by atoms with Gasteiger partial charge in [-0.1, -0.05) is 5.21 Å². The van der Waals surface area contributed by atoms with E-state index in [0.29, 0.717) is 35.2 Å². The lowest BCUT2D eigenvalue weighted by molar-refractivity contribution is 0.201. The number of tetrazole rings is 1. The number of nitrogens with one attached hydrogen (secondary N) is 1. The van der Waals surface area contributed by atoms with Crippen molar-refractivity contribution in [3.63, 3.8) is 0 Å². The highest BCUT2D eigenvalue weighted by Crippen LogP contribution is 2.28. The van der Waals surface area contributed by atoms with Crippen LogP contribution in [-0.2, 0) is 6.42 Å². The molecule has 0 saturated carbocycles. The van der Waals surface area contributed by atoms with Crippen molar-refractivity contribution >= 4 is 46.0 Å². The normalized spacial score (nSPS) is 11.0. The lowest BCUT2D eigenvalue weighted by Crippen LogP contribution is -2.30. The molecule has 0 aliphatic carbocycles. The minimum atomic E-state index is -0.973. The summed E-state index contributed by atoms with van der Waals surface area (Å²) in [5, 5.41) is 23.1. The van der Waals surface area contributed by atoms with Gasteiger partial charge in [-0.25, -0.2) is 9.78 Å². The number of hydrogen-bond donors (Lipinski definition) is 3. The van der Waals surface area contributed by atoms with Gasteiger partial charge in [-0.05, 0) is 31.0 Å². The lowest BCUT2D eigenvalue weighted by Gasteiger charge is -2.19. The van der Waals surface area contributed by atoms with Gasteiger partial charge in [0.05, 0.1) is 10.2 Å². The molecule has 0 radical (unpaired) electrons. The number of H-pyrrole nitrogens is 1. The van der Waals surface area contributed by atoms with Crippen molar-refractivity contribution in [2.24, 2.45) is 0 Å². The number of rotatable bonds is 6. The topological polar surface area (TPSA) is 108 Å². The Hall–Kier alpha value is -2.20. The number of aromatic nitrogens is 5. The van der Waals surface area contributed by atoms with Crippen LogP contribution in [0.25, 0.3) is 10.2 Å². The molecule has 0 aliphatic rings. The Morgan fingerprint density at radius 3 is 3.00 bits per heavy atom.